The summed E-state index contributed by atoms with van der Waals surface area (Å²) in [5.74, 6) is 0.409. The summed E-state index contributed by atoms with van der Waals surface area (Å²) >= 11 is 0. The summed E-state index contributed by atoms with van der Waals surface area (Å²) in [7, 11) is -3.62. The van der Waals surface area contributed by atoms with Crippen molar-refractivity contribution in [3.63, 3.8) is 0 Å². The third-order valence-electron chi connectivity index (χ3n) is 5.28. The van der Waals surface area contributed by atoms with Crippen LogP contribution in [0.25, 0.3) is 11.5 Å². The molecule has 162 valence electrons. The zero-order valence-electron chi connectivity index (χ0n) is 17.3. The van der Waals surface area contributed by atoms with Crippen LogP contribution in [0.1, 0.15) is 41.1 Å². The number of benzene rings is 2. The average Bonchev–Trinajstić information content (AvgIpc) is 3.19. The molecule has 0 aliphatic carbocycles. The molecule has 0 radical (unpaired) electrons. The third-order valence-corrected chi connectivity index (χ3v) is 7.17. The molecule has 0 atom stereocenters. The van der Waals surface area contributed by atoms with Gasteiger partial charge in [-0.05, 0) is 50.1 Å². The number of sulfonamides is 1. The number of piperidine rings is 1. The Morgan fingerprint density at radius 3 is 2.55 bits per heavy atom. The number of oxazole rings is 1. The van der Waals surface area contributed by atoms with E-state index < -0.39 is 16.0 Å². The van der Waals surface area contributed by atoms with Gasteiger partial charge >= 0.3 is 5.97 Å². The Morgan fingerprint density at radius 2 is 1.81 bits per heavy atom. The highest BCUT2D eigenvalue weighted by atomic mass is 32.2. The predicted octanol–water partition coefficient (Wildman–Crippen LogP) is 4.18. The van der Waals surface area contributed by atoms with Gasteiger partial charge in [-0.25, -0.2) is 18.2 Å². The van der Waals surface area contributed by atoms with E-state index in [1.54, 1.807) is 19.1 Å². The van der Waals surface area contributed by atoms with E-state index in [0.717, 1.165) is 24.8 Å². The highest BCUT2D eigenvalue weighted by Gasteiger charge is 2.26. The van der Waals surface area contributed by atoms with Gasteiger partial charge in [0.2, 0.25) is 15.9 Å². The van der Waals surface area contributed by atoms with E-state index >= 15 is 0 Å². The first-order valence-corrected chi connectivity index (χ1v) is 11.7. The van der Waals surface area contributed by atoms with Crippen molar-refractivity contribution in [1.29, 1.82) is 0 Å². The molecule has 0 saturated carbocycles. The summed E-state index contributed by atoms with van der Waals surface area (Å²) in [6, 6.07) is 15.4. The van der Waals surface area contributed by atoms with Crippen LogP contribution in [0.15, 0.2) is 63.9 Å². The zero-order valence-corrected chi connectivity index (χ0v) is 18.1. The van der Waals surface area contributed by atoms with Crippen molar-refractivity contribution in [2.24, 2.45) is 0 Å². The molecule has 3 aromatic rings. The molecular formula is C23H24N2O5S. The number of aromatic nitrogens is 1. The number of ether oxygens (including phenoxy) is 1. The van der Waals surface area contributed by atoms with Crippen LogP contribution in [0, 0.1) is 6.92 Å². The van der Waals surface area contributed by atoms with Gasteiger partial charge < -0.3 is 9.15 Å². The van der Waals surface area contributed by atoms with Crippen molar-refractivity contribution in [1.82, 2.24) is 9.29 Å². The van der Waals surface area contributed by atoms with Crippen LogP contribution >= 0.6 is 0 Å². The minimum absolute atomic E-state index is 0.0654. The van der Waals surface area contributed by atoms with Gasteiger partial charge in [0.25, 0.3) is 0 Å². The summed E-state index contributed by atoms with van der Waals surface area (Å²) in [6.07, 6.45) is 2.73. The van der Waals surface area contributed by atoms with Crippen LogP contribution in [0.2, 0.25) is 0 Å². The van der Waals surface area contributed by atoms with Gasteiger partial charge in [0, 0.05) is 18.7 Å². The Labute approximate surface area is 181 Å². The number of rotatable bonds is 6. The monoisotopic (exact) mass is 440 g/mol. The van der Waals surface area contributed by atoms with Gasteiger partial charge in [0.05, 0.1) is 10.5 Å². The van der Waals surface area contributed by atoms with Gasteiger partial charge in [0.15, 0.2) is 0 Å². The van der Waals surface area contributed by atoms with Gasteiger partial charge in [-0.15, -0.1) is 0 Å². The van der Waals surface area contributed by atoms with E-state index in [0.29, 0.717) is 30.4 Å². The van der Waals surface area contributed by atoms with E-state index in [1.807, 2.05) is 30.3 Å². The number of nitrogens with zero attached hydrogens (tertiary/aromatic N) is 2. The standard InChI is InChI=1S/C23H24N2O5S/c1-17-21(24-22(30-17)18-9-4-2-5-10-18)16-29-23(26)19-11-8-12-20(15-19)31(27,28)25-13-6-3-7-14-25/h2,4-5,8-12,15H,3,6-7,13-14,16H2,1H3. The highest BCUT2D eigenvalue weighted by Crippen LogP contribution is 2.23. The number of carbonyl (C=O) groups excluding carboxylic acids is 1. The predicted molar refractivity (Wildman–Crippen MR) is 115 cm³/mol. The molecule has 0 N–H and O–H groups in total. The molecule has 1 saturated heterocycles. The number of carbonyl (C=O) groups is 1. The lowest BCUT2D eigenvalue weighted by Gasteiger charge is -2.25. The van der Waals surface area contributed by atoms with E-state index in [1.165, 1.54) is 16.4 Å². The second-order valence-electron chi connectivity index (χ2n) is 7.46. The average molecular weight is 441 g/mol. The van der Waals surface area contributed by atoms with Crippen LogP contribution in [0.3, 0.4) is 0 Å². The lowest BCUT2D eigenvalue weighted by atomic mass is 10.2. The summed E-state index contributed by atoms with van der Waals surface area (Å²) in [5.41, 5.74) is 1.53. The molecule has 7 nitrogen and oxygen atoms in total. The van der Waals surface area contributed by atoms with E-state index in [4.69, 9.17) is 9.15 Å². The normalized spacial score (nSPS) is 15.0. The third kappa shape index (κ3) is 4.70. The van der Waals surface area contributed by atoms with Gasteiger partial charge in [-0.3, -0.25) is 0 Å². The van der Waals surface area contributed by atoms with Crippen molar-refractivity contribution >= 4 is 16.0 Å². The lowest BCUT2D eigenvalue weighted by molar-refractivity contribution is 0.0466. The van der Waals surface area contributed by atoms with Crippen molar-refractivity contribution in [2.45, 2.75) is 37.7 Å². The van der Waals surface area contributed by atoms with Crippen molar-refractivity contribution in [2.75, 3.05) is 13.1 Å². The molecular weight excluding hydrogens is 416 g/mol. The molecule has 2 heterocycles. The fourth-order valence-corrected chi connectivity index (χ4v) is 5.08. The lowest BCUT2D eigenvalue weighted by Crippen LogP contribution is -2.35. The Morgan fingerprint density at radius 1 is 1.06 bits per heavy atom. The van der Waals surface area contributed by atoms with Gasteiger partial charge in [-0.2, -0.15) is 4.31 Å². The van der Waals surface area contributed by atoms with Crippen LogP contribution in [-0.4, -0.2) is 36.8 Å². The topological polar surface area (TPSA) is 89.7 Å². The summed E-state index contributed by atoms with van der Waals surface area (Å²) < 4.78 is 38.3. The van der Waals surface area contributed by atoms with E-state index in [-0.39, 0.29) is 17.1 Å². The number of hydrogen-bond donors (Lipinski definition) is 0. The Bertz CT molecular complexity index is 1170. The minimum atomic E-state index is -3.62. The zero-order chi connectivity index (χ0) is 21.8. The SMILES string of the molecule is Cc1oc(-c2ccccc2)nc1COC(=O)c1cccc(S(=O)(=O)N2CCCCC2)c1. The molecule has 1 aliphatic rings. The van der Waals surface area contributed by atoms with Crippen LogP contribution in [-0.2, 0) is 21.4 Å². The first-order chi connectivity index (χ1) is 14.9. The fourth-order valence-electron chi connectivity index (χ4n) is 3.52. The maximum absolute atomic E-state index is 12.9. The summed E-state index contributed by atoms with van der Waals surface area (Å²) in [5, 5.41) is 0. The Hall–Kier alpha value is -2.97. The quantitative estimate of drug-likeness (QED) is 0.534. The van der Waals surface area contributed by atoms with Crippen molar-refractivity contribution in [3.05, 3.63) is 71.6 Å². The van der Waals surface area contributed by atoms with Crippen molar-refractivity contribution < 1.29 is 22.4 Å². The minimum Gasteiger partial charge on any atom is -0.455 e. The van der Waals surface area contributed by atoms with E-state index in [9.17, 15) is 13.2 Å². The first kappa shape index (κ1) is 21.3. The number of esters is 1. The molecule has 1 fully saturated rings. The summed E-state index contributed by atoms with van der Waals surface area (Å²) in [6.45, 7) is 2.71. The second-order valence-corrected chi connectivity index (χ2v) is 9.39. The van der Waals surface area contributed by atoms with Crippen LogP contribution in [0.4, 0.5) is 0 Å². The first-order valence-electron chi connectivity index (χ1n) is 10.2. The van der Waals surface area contributed by atoms with E-state index in [2.05, 4.69) is 4.98 Å². The molecule has 8 heteroatoms. The molecule has 31 heavy (non-hydrogen) atoms. The Kier molecular flexibility index (Phi) is 6.20. The molecule has 0 bridgehead atoms. The Balaban J connectivity index is 1.46. The number of aryl methyl sites for hydroxylation is 1. The molecule has 0 spiro atoms. The molecule has 4 rings (SSSR count). The largest absolute Gasteiger partial charge is 0.455 e. The van der Waals surface area contributed by atoms with Gasteiger partial charge in [-0.1, -0.05) is 30.7 Å². The molecule has 0 unspecified atom stereocenters. The molecule has 0 amide bonds. The van der Waals surface area contributed by atoms with Crippen LogP contribution < -0.4 is 0 Å². The van der Waals surface area contributed by atoms with Crippen molar-refractivity contribution in [3.8, 4) is 11.5 Å². The smallest absolute Gasteiger partial charge is 0.338 e. The highest BCUT2D eigenvalue weighted by molar-refractivity contribution is 7.89. The second kappa shape index (κ2) is 9.03. The molecule has 1 aliphatic heterocycles. The maximum Gasteiger partial charge on any atom is 0.338 e. The molecule has 1 aromatic heterocycles. The fraction of sp³-hybridized carbons (Fsp3) is 0.304. The molecule has 2 aromatic carbocycles. The van der Waals surface area contributed by atoms with Crippen LogP contribution in [0.5, 0.6) is 0 Å². The summed E-state index contributed by atoms with van der Waals surface area (Å²) in [4.78, 5) is 17.1. The maximum atomic E-state index is 12.9. The van der Waals surface area contributed by atoms with Gasteiger partial charge in [0.1, 0.15) is 18.1 Å². The number of hydrogen-bond acceptors (Lipinski definition) is 6.